The molecule has 1 aromatic heterocycles. The zero-order valence-corrected chi connectivity index (χ0v) is 12.2. The molecule has 3 heteroatoms. The van der Waals surface area contributed by atoms with Crippen molar-refractivity contribution in [2.24, 2.45) is 0 Å². The zero-order chi connectivity index (χ0) is 13.0. The molecule has 2 nitrogen and oxygen atoms in total. The van der Waals surface area contributed by atoms with Crippen LogP contribution in [0.4, 0.5) is 0 Å². The standard InChI is InChI=1S/C15H17BrN2/c1-11-6-5-9-18-15(11)14(17-2)10-12-7-3-4-8-13(12)16/h3-9,14,17H,10H2,1-2H3. The first kappa shape index (κ1) is 13.2. The molecule has 0 aliphatic rings. The van der Waals surface area contributed by atoms with Crippen molar-refractivity contribution < 1.29 is 0 Å². The van der Waals surface area contributed by atoms with Crippen molar-refractivity contribution in [3.05, 3.63) is 63.9 Å². The van der Waals surface area contributed by atoms with Gasteiger partial charge in [-0.25, -0.2) is 0 Å². The minimum Gasteiger partial charge on any atom is -0.311 e. The van der Waals surface area contributed by atoms with E-state index in [2.05, 4.69) is 57.4 Å². The Bertz CT molecular complexity index is 525. The Hall–Kier alpha value is -1.19. The summed E-state index contributed by atoms with van der Waals surface area (Å²) in [5, 5.41) is 3.35. The third-order valence-corrected chi connectivity index (χ3v) is 3.88. The van der Waals surface area contributed by atoms with E-state index in [9.17, 15) is 0 Å². The van der Waals surface area contributed by atoms with E-state index in [-0.39, 0.29) is 6.04 Å². The van der Waals surface area contributed by atoms with Crippen LogP contribution in [-0.2, 0) is 6.42 Å². The number of likely N-dealkylation sites (N-methyl/N-ethyl adjacent to an activating group) is 1. The SMILES string of the molecule is CNC(Cc1ccccc1Br)c1ncccc1C. The summed E-state index contributed by atoms with van der Waals surface area (Å²) in [4.78, 5) is 4.50. The summed E-state index contributed by atoms with van der Waals surface area (Å²) in [6.45, 7) is 2.10. The number of benzene rings is 1. The maximum atomic E-state index is 4.50. The fourth-order valence-electron chi connectivity index (χ4n) is 2.08. The highest BCUT2D eigenvalue weighted by atomic mass is 79.9. The molecule has 2 rings (SSSR count). The summed E-state index contributed by atoms with van der Waals surface area (Å²) < 4.78 is 1.15. The highest BCUT2D eigenvalue weighted by molar-refractivity contribution is 9.10. The van der Waals surface area contributed by atoms with Crippen molar-refractivity contribution in [3.63, 3.8) is 0 Å². The maximum absolute atomic E-state index is 4.50. The molecule has 0 aliphatic heterocycles. The van der Waals surface area contributed by atoms with Gasteiger partial charge in [0.05, 0.1) is 11.7 Å². The molecule has 0 radical (unpaired) electrons. The number of pyridine rings is 1. The van der Waals surface area contributed by atoms with Gasteiger partial charge in [-0.15, -0.1) is 0 Å². The monoisotopic (exact) mass is 304 g/mol. The molecule has 1 N–H and O–H groups in total. The molecule has 0 saturated heterocycles. The van der Waals surface area contributed by atoms with Gasteiger partial charge in [-0.3, -0.25) is 4.98 Å². The molecule has 0 bridgehead atoms. The average Bonchev–Trinajstić information content (AvgIpc) is 2.39. The predicted molar refractivity (Wildman–Crippen MR) is 78.6 cm³/mol. The fraction of sp³-hybridized carbons (Fsp3) is 0.267. The minimum atomic E-state index is 0.241. The second-order valence-electron chi connectivity index (χ2n) is 4.34. The number of hydrogen-bond donors (Lipinski definition) is 1. The Morgan fingerprint density at radius 1 is 1.22 bits per heavy atom. The summed E-state index contributed by atoms with van der Waals surface area (Å²) in [6, 6.07) is 12.6. The summed E-state index contributed by atoms with van der Waals surface area (Å²) in [5.41, 5.74) is 3.64. The molecule has 0 fully saturated rings. The third-order valence-electron chi connectivity index (χ3n) is 3.11. The lowest BCUT2D eigenvalue weighted by molar-refractivity contribution is 0.571. The van der Waals surface area contributed by atoms with Crippen LogP contribution in [-0.4, -0.2) is 12.0 Å². The Kier molecular flexibility index (Phi) is 4.50. The fourth-order valence-corrected chi connectivity index (χ4v) is 2.53. The van der Waals surface area contributed by atoms with E-state index in [1.54, 1.807) is 0 Å². The first-order chi connectivity index (χ1) is 8.72. The van der Waals surface area contributed by atoms with Gasteiger partial charge in [-0.1, -0.05) is 40.2 Å². The van der Waals surface area contributed by atoms with Crippen LogP contribution < -0.4 is 5.32 Å². The number of aryl methyl sites for hydroxylation is 1. The van der Waals surface area contributed by atoms with E-state index in [4.69, 9.17) is 0 Å². The lowest BCUT2D eigenvalue weighted by atomic mass is 10.0. The topological polar surface area (TPSA) is 24.9 Å². The van der Waals surface area contributed by atoms with E-state index in [0.29, 0.717) is 0 Å². The summed E-state index contributed by atoms with van der Waals surface area (Å²) in [7, 11) is 1.98. The van der Waals surface area contributed by atoms with Crippen molar-refractivity contribution in [2.75, 3.05) is 7.05 Å². The summed E-state index contributed by atoms with van der Waals surface area (Å²) >= 11 is 3.60. The van der Waals surface area contributed by atoms with E-state index < -0.39 is 0 Å². The van der Waals surface area contributed by atoms with Crippen LogP contribution in [0.2, 0.25) is 0 Å². The van der Waals surface area contributed by atoms with Crippen LogP contribution in [0.5, 0.6) is 0 Å². The van der Waals surface area contributed by atoms with E-state index >= 15 is 0 Å². The van der Waals surface area contributed by atoms with Gasteiger partial charge in [-0.2, -0.15) is 0 Å². The van der Waals surface area contributed by atoms with Gasteiger partial charge in [0.2, 0.25) is 0 Å². The molecule has 94 valence electrons. The van der Waals surface area contributed by atoms with Gasteiger partial charge in [0.1, 0.15) is 0 Å². The minimum absolute atomic E-state index is 0.241. The van der Waals surface area contributed by atoms with Crippen LogP contribution >= 0.6 is 15.9 Å². The van der Waals surface area contributed by atoms with E-state index in [1.807, 2.05) is 25.4 Å². The third kappa shape index (κ3) is 2.98. The number of hydrogen-bond acceptors (Lipinski definition) is 2. The Morgan fingerprint density at radius 3 is 2.67 bits per heavy atom. The van der Waals surface area contributed by atoms with Crippen LogP contribution in [0.15, 0.2) is 47.1 Å². The van der Waals surface area contributed by atoms with E-state index in [0.717, 1.165) is 16.6 Å². The second kappa shape index (κ2) is 6.12. The molecule has 0 spiro atoms. The van der Waals surface area contributed by atoms with Crippen molar-refractivity contribution in [3.8, 4) is 0 Å². The molecule has 0 saturated carbocycles. The highest BCUT2D eigenvalue weighted by Gasteiger charge is 2.14. The quantitative estimate of drug-likeness (QED) is 0.932. The lowest BCUT2D eigenvalue weighted by Gasteiger charge is -2.18. The number of rotatable bonds is 4. The van der Waals surface area contributed by atoms with Crippen LogP contribution in [0.3, 0.4) is 0 Å². The van der Waals surface area contributed by atoms with Gasteiger partial charge < -0.3 is 5.32 Å². The lowest BCUT2D eigenvalue weighted by Crippen LogP contribution is -2.21. The van der Waals surface area contributed by atoms with Crippen LogP contribution in [0.25, 0.3) is 0 Å². The number of nitrogens with zero attached hydrogens (tertiary/aromatic N) is 1. The molecule has 1 aromatic carbocycles. The Morgan fingerprint density at radius 2 is 2.00 bits per heavy atom. The molecular formula is C15H17BrN2. The molecule has 1 heterocycles. The number of aromatic nitrogens is 1. The number of nitrogens with one attached hydrogen (secondary N) is 1. The Labute approximate surface area is 117 Å². The molecule has 1 unspecified atom stereocenters. The molecular weight excluding hydrogens is 288 g/mol. The van der Waals surface area contributed by atoms with Crippen molar-refractivity contribution in [2.45, 2.75) is 19.4 Å². The number of halogens is 1. The normalized spacial score (nSPS) is 12.4. The molecule has 2 aromatic rings. The van der Waals surface area contributed by atoms with Crippen molar-refractivity contribution >= 4 is 15.9 Å². The average molecular weight is 305 g/mol. The van der Waals surface area contributed by atoms with Crippen LogP contribution in [0, 0.1) is 6.92 Å². The Balaban J connectivity index is 2.26. The highest BCUT2D eigenvalue weighted by Crippen LogP contribution is 2.24. The predicted octanol–water partition coefficient (Wildman–Crippen LogP) is 3.66. The summed E-state index contributed by atoms with van der Waals surface area (Å²) in [6.07, 6.45) is 2.78. The first-order valence-electron chi connectivity index (χ1n) is 6.04. The van der Waals surface area contributed by atoms with Crippen LogP contribution in [0.1, 0.15) is 22.9 Å². The van der Waals surface area contributed by atoms with Gasteiger partial charge in [0, 0.05) is 10.7 Å². The van der Waals surface area contributed by atoms with Gasteiger partial charge >= 0.3 is 0 Å². The molecule has 1 atom stereocenters. The first-order valence-corrected chi connectivity index (χ1v) is 6.84. The van der Waals surface area contributed by atoms with Gasteiger partial charge in [0.25, 0.3) is 0 Å². The maximum Gasteiger partial charge on any atom is 0.0605 e. The van der Waals surface area contributed by atoms with Gasteiger partial charge in [0.15, 0.2) is 0 Å². The second-order valence-corrected chi connectivity index (χ2v) is 5.20. The largest absolute Gasteiger partial charge is 0.311 e. The van der Waals surface area contributed by atoms with Gasteiger partial charge in [-0.05, 0) is 43.7 Å². The molecule has 0 aliphatic carbocycles. The summed E-state index contributed by atoms with van der Waals surface area (Å²) in [5.74, 6) is 0. The molecule has 18 heavy (non-hydrogen) atoms. The van der Waals surface area contributed by atoms with Crippen molar-refractivity contribution in [1.82, 2.24) is 10.3 Å². The van der Waals surface area contributed by atoms with Crippen molar-refractivity contribution in [1.29, 1.82) is 0 Å². The smallest absolute Gasteiger partial charge is 0.0605 e. The van der Waals surface area contributed by atoms with E-state index in [1.165, 1.54) is 11.1 Å². The molecule has 0 amide bonds. The zero-order valence-electron chi connectivity index (χ0n) is 10.7.